The Bertz CT molecular complexity index is 994. The number of quaternary nitrogens is 1. The normalized spacial score (nSPS) is 14.0. The van der Waals surface area contributed by atoms with Crippen LogP contribution in [0.2, 0.25) is 0 Å². The minimum atomic E-state index is -4.31. The lowest BCUT2D eigenvalue weighted by molar-refractivity contribution is -0.870. The number of carbonyl (C=O) groups is 1. The van der Waals surface area contributed by atoms with Gasteiger partial charge in [-0.25, -0.2) is 4.57 Å². The number of likely N-dealkylation sites (N-methyl/N-ethyl adjacent to an activating group) is 1. The smallest absolute Gasteiger partial charge is 0.391 e. The second kappa shape index (κ2) is 46.6. The van der Waals surface area contributed by atoms with Gasteiger partial charge in [0.15, 0.2) is 0 Å². The Labute approximate surface area is 393 Å². The molecule has 0 saturated carbocycles. The summed E-state index contributed by atoms with van der Waals surface area (Å²) in [6, 6.07) is -0.754. The van der Waals surface area contributed by atoms with Gasteiger partial charge in [0.25, 0.3) is 0 Å². The van der Waals surface area contributed by atoms with Crippen molar-refractivity contribution in [2.45, 2.75) is 302 Å². The molecule has 0 aromatic carbocycles. The Morgan fingerprint density at radius 3 is 1.06 bits per heavy atom. The van der Waals surface area contributed by atoms with Gasteiger partial charge in [0.1, 0.15) is 13.2 Å². The summed E-state index contributed by atoms with van der Waals surface area (Å²) in [7, 11) is 1.63. The molecule has 1 amide bonds. The van der Waals surface area contributed by atoms with Crippen LogP contribution in [0.3, 0.4) is 0 Å². The van der Waals surface area contributed by atoms with E-state index in [0.717, 1.165) is 38.5 Å². The first-order valence-corrected chi connectivity index (χ1v) is 29.4. The van der Waals surface area contributed by atoms with E-state index in [1.807, 2.05) is 21.1 Å². The zero-order chi connectivity index (χ0) is 46.4. The molecule has 0 rings (SSSR count). The van der Waals surface area contributed by atoms with E-state index in [1.54, 1.807) is 0 Å². The van der Waals surface area contributed by atoms with Crippen molar-refractivity contribution in [3.63, 3.8) is 0 Å². The molecular weight excluding hydrogens is 804 g/mol. The molecular formula is C54H112N2O6P+. The summed E-state index contributed by atoms with van der Waals surface area (Å²) in [4.78, 5) is 23.3. The lowest BCUT2D eigenvalue weighted by Crippen LogP contribution is -2.46. The standard InChI is InChI=1S/C54H111N2O6P/c1-6-8-10-12-14-16-18-20-22-24-25-26-27-28-29-30-31-32-34-36-38-40-42-44-46-48-54(58)55-52(51-62-63(59,60)61-50-49-56(3,4)5)53(57)47-45-43-41-39-37-35-33-23-21-19-17-15-13-11-9-7-2/h52-53,57H,6-51H2,1-5H3,(H-,55,58,59,60)/p+1/t52-,53+/m0/s1. The van der Waals surface area contributed by atoms with E-state index < -0.39 is 20.0 Å². The number of phosphoric ester groups is 1. The van der Waals surface area contributed by atoms with Crippen LogP contribution in [0.15, 0.2) is 0 Å². The van der Waals surface area contributed by atoms with E-state index in [4.69, 9.17) is 9.05 Å². The van der Waals surface area contributed by atoms with Crippen molar-refractivity contribution in [1.82, 2.24) is 5.32 Å². The Kier molecular flexibility index (Phi) is 46.2. The predicted octanol–water partition coefficient (Wildman–Crippen LogP) is 16.5. The molecule has 9 heteroatoms. The van der Waals surface area contributed by atoms with Gasteiger partial charge < -0.3 is 19.8 Å². The van der Waals surface area contributed by atoms with Gasteiger partial charge in [0.05, 0.1) is 39.9 Å². The third-order valence-electron chi connectivity index (χ3n) is 13.1. The molecule has 0 saturated heterocycles. The van der Waals surface area contributed by atoms with Crippen LogP contribution in [0.4, 0.5) is 0 Å². The largest absolute Gasteiger partial charge is 0.472 e. The van der Waals surface area contributed by atoms with Crippen molar-refractivity contribution >= 4 is 13.7 Å². The molecule has 3 N–H and O–H groups in total. The minimum Gasteiger partial charge on any atom is -0.391 e. The third kappa shape index (κ3) is 49.2. The number of unbranched alkanes of at least 4 members (excludes halogenated alkanes) is 39. The summed E-state index contributed by atoms with van der Waals surface area (Å²) in [5, 5.41) is 14.0. The summed E-state index contributed by atoms with van der Waals surface area (Å²) in [5.41, 5.74) is 0. The maximum atomic E-state index is 13.0. The number of carbonyl (C=O) groups excluding carboxylic acids is 1. The molecule has 0 radical (unpaired) electrons. The molecule has 0 heterocycles. The first-order chi connectivity index (χ1) is 30.5. The predicted molar refractivity (Wildman–Crippen MR) is 272 cm³/mol. The summed E-state index contributed by atoms with van der Waals surface area (Å²) >= 11 is 0. The number of nitrogens with zero attached hydrogens (tertiary/aromatic N) is 1. The molecule has 0 bridgehead atoms. The van der Waals surface area contributed by atoms with Crippen molar-refractivity contribution in [3.8, 4) is 0 Å². The van der Waals surface area contributed by atoms with Crippen molar-refractivity contribution in [2.75, 3.05) is 40.9 Å². The molecule has 378 valence electrons. The first kappa shape index (κ1) is 62.5. The molecule has 0 fully saturated rings. The van der Waals surface area contributed by atoms with Crippen molar-refractivity contribution in [3.05, 3.63) is 0 Å². The summed E-state index contributed by atoms with van der Waals surface area (Å²) in [5.74, 6) is -0.137. The number of hydrogen-bond acceptors (Lipinski definition) is 5. The second-order valence-corrected chi connectivity index (χ2v) is 22.1. The van der Waals surface area contributed by atoms with Gasteiger partial charge in [0.2, 0.25) is 5.91 Å². The van der Waals surface area contributed by atoms with Gasteiger partial charge in [-0.15, -0.1) is 0 Å². The van der Waals surface area contributed by atoms with Crippen molar-refractivity contribution < 1.29 is 32.9 Å². The van der Waals surface area contributed by atoms with Crippen LogP contribution in [0.25, 0.3) is 0 Å². The van der Waals surface area contributed by atoms with Gasteiger partial charge in [-0.2, -0.15) is 0 Å². The van der Waals surface area contributed by atoms with Crippen LogP contribution < -0.4 is 5.32 Å². The number of aliphatic hydroxyl groups excluding tert-OH is 1. The van der Waals surface area contributed by atoms with Crippen molar-refractivity contribution in [1.29, 1.82) is 0 Å². The lowest BCUT2D eigenvalue weighted by atomic mass is 10.0. The van der Waals surface area contributed by atoms with Crippen LogP contribution in [-0.2, 0) is 18.4 Å². The van der Waals surface area contributed by atoms with E-state index in [9.17, 15) is 19.4 Å². The van der Waals surface area contributed by atoms with Crippen LogP contribution in [0.5, 0.6) is 0 Å². The van der Waals surface area contributed by atoms with E-state index in [1.165, 1.54) is 225 Å². The third-order valence-corrected chi connectivity index (χ3v) is 14.1. The van der Waals surface area contributed by atoms with E-state index in [0.29, 0.717) is 23.9 Å². The number of phosphoric acid groups is 1. The van der Waals surface area contributed by atoms with Gasteiger partial charge in [-0.05, 0) is 12.8 Å². The van der Waals surface area contributed by atoms with Crippen LogP contribution in [0.1, 0.15) is 290 Å². The summed E-state index contributed by atoms with van der Waals surface area (Å²) in [6.07, 6.45) is 54.4. The summed E-state index contributed by atoms with van der Waals surface area (Å²) < 4.78 is 23.8. The first-order valence-electron chi connectivity index (χ1n) is 27.9. The van der Waals surface area contributed by atoms with Gasteiger partial charge in [-0.1, -0.05) is 271 Å². The SMILES string of the molecule is CCCCCCCCCCCCCCCCCCCCCCCCCCCC(=O)N[C@@H](COP(=O)(O)OCC[N+](C)(C)C)[C@H](O)CCCCCCCCCCCCCCCCCC. The number of amides is 1. The van der Waals surface area contributed by atoms with Crippen molar-refractivity contribution in [2.24, 2.45) is 0 Å². The fourth-order valence-electron chi connectivity index (χ4n) is 8.70. The quantitative estimate of drug-likeness (QED) is 0.0319. The monoisotopic (exact) mass is 916 g/mol. The molecule has 0 aromatic heterocycles. The number of rotatable bonds is 52. The molecule has 0 aliphatic heterocycles. The highest BCUT2D eigenvalue weighted by Crippen LogP contribution is 2.43. The highest BCUT2D eigenvalue weighted by Gasteiger charge is 2.28. The highest BCUT2D eigenvalue weighted by atomic mass is 31.2. The molecule has 1 unspecified atom stereocenters. The molecule has 63 heavy (non-hydrogen) atoms. The van der Waals surface area contributed by atoms with Crippen LogP contribution >= 0.6 is 7.82 Å². The molecule has 0 aliphatic carbocycles. The Morgan fingerprint density at radius 2 is 0.762 bits per heavy atom. The van der Waals surface area contributed by atoms with Gasteiger partial charge in [0, 0.05) is 6.42 Å². The van der Waals surface area contributed by atoms with E-state index in [2.05, 4.69) is 19.2 Å². The average molecular weight is 916 g/mol. The second-order valence-electron chi connectivity index (χ2n) is 20.7. The maximum Gasteiger partial charge on any atom is 0.472 e. The number of aliphatic hydroxyl groups is 1. The molecule has 3 atom stereocenters. The number of hydrogen-bond donors (Lipinski definition) is 3. The molecule has 0 aliphatic rings. The van der Waals surface area contributed by atoms with E-state index in [-0.39, 0.29) is 19.1 Å². The fraction of sp³-hybridized carbons (Fsp3) is 0.981. The minimum absolute atomic E-state index is 0.0790. The fourth-order valence-corrected chi connectivity index (χ4v) is 9.43. The van der Waals surface area contributed by atoms with Gasteiger partial charge in [-0.3, -0.25) is 13.8 Å². The highest BCUT2D eigenvalue weighted by molar-refractivity contribution is 7.47. The topological polar surface area (TPSA) is 105 Å². The zero-order valence-corrected chi connectivity index (χ0v) is 44.0. The van der Waals surface area contributed by atoms with Gasteiger partial charge >= 0.3 is 7.82 Å². The van der Waals surface area contributed by atoms with E-state index >= 15 is 0 Å². The Morgan fingerprint density at radius 1 is 0.476 bits per heavy atom. The average Bonchev–Trinajstić information content (AvgIpc) is 3.24. The molecule has 8 nitrogen and oxygen atoms in total. The lowest BCUT2D eigenvalue weighted by Gasteiger charge is -2.26. The molecule has 0 aromatic rings. The number of nitrogens with one attached hydrogen (secondary N) is 1. The Balaban J connectivity index is 4.10. The molecule has 0 spiro atoms. The summed E-state index contributed by atoms with van der Waals surface area (Å²) in [6.45, 7) is 4.94. The zero-order valence-electron chi connectivity index (χ0n) is 43.1. The Hall–Kier alpha value is -0.500. The maximum absolute atomic E-state index is 13.0. The van der Waals surface area contributed by atoms with Crippen LogP contribution in [-0.4, -0.2) is 73.4 Å². The van der Waals surface area contributed by atoms with Crippen LogP contribution in [0, 0.1) is 0 Å².